The van der Waals surface area contributed by atoms with Crippen molar-refractivity contribution in [1.29, 1.82) is 0 Å². The summed E-state index contributed by atoms with van der Waals surface area (Å²) in [6.07, 6.45) is 3.73. The quantitative estimate of drug-likeness (QED) is 0.887. The molecule has 5 nitrogen and oxygen atoms in total. The van der Waals surface area contributed by atoms with Crippen molar-refractivity contribution in [3.8, 4) is 0 Å². The summed E-state index contributed by atoms with van der Waals surface area (Å²) in [5, 5.41) is 2.93. The zero-order chi connectivity index (χ0) is 14.4. The number of nitrogens with zero attached hydrogens (tertiary/aromatic N) is 2. The first-order chi connectivity index (χ1) is 9.70. The normalized spacial score (nSPS) is 16.8. The molecule has 20 heavy (non-hydrogen) atoms. The van der Waals surface area contributed by atoms with Crippen LogP contribution >= 0.6 is 11.8 Å². The van der Waals surface area contributed by atoms with Gasteiger partial charge in [0.2, 0.25) is 5.91 Å². The van der Waals surface area contributed by atoms with Gasteiger partial charge in [0.1, 0.15) is 5.82 Å². The number of hydrogen-bond acceptors (Lipinski definition) is 5. The fraction of sp³-hybridized carbons (Fsp3) is 0.571. The molecule has 1 atom stereocenters. The Morgan fingerprint density at radius 3 is 3.00 bits per heavy atom. The first kappa shape index (κ1) is 15.1. The summed E-state index contributed by atoms with van der Waals surface area (Å²) in [6.45, 7) is 5.68. The highest BCUT2D eigenvalue weighted by atomic mass is 32.2. The van der Waals surface area contributed by atoms with Crippen molar-refractivity contribution in [2.24, 2.45) is 0 Å². The van der Waals surface area contributed by atoms with Crippen molar-refractivity contribution in [2.45, 2.75) is 18.7 Å². The molecule has 1 fully saturated rings. The van der Waals surface area contributed by atoms with Gasteiger partial charge >= 0.3 is 0 Å². The molecule has 2 heterocycles. The van der Waals surface area contributed by atoms with Gasteiger partial charge in [0.25, 0.3) is 0 Å². The van der Waals surface area contributed by atoms with Crippen LogP contribution in [0.2, 0.25) is 0 Å². The number of aromatic nitrogens is 1. The van der Waals surface area contributed by atoms with Gasteiger partial charge in [-0.2, -0.15) is 11.8 Å². The molecule has 0 bridgehead atoms. The van der Waals surface area contributed by atoms with Gasteiger partial charge in [-0.15, -0.1) is 0 Å². The number of thioether (sulfide) groups is 1. The standard InChI is InChI=1S/C14H21N3O2S/c1-11(20-2)14(18)16-10-12-3-4-15-13(9-12)17-5-7-19-8-6-17/h3-4,9,11H,5-8,10H2,1-2H3,(H,16,18)/t11-/m1/s1. The van der Waals surface area contributed by atoms with E-state index in [1.807, 2.05) is 25.3 Å². The third kappa shape index (κ3) is 4.11. The Kier molecular flexibility index (Phi) is 5.67. The number of morpholine rings is 1. The number of carbonyl (C=O) groups is 1. The molecule has 1 aliphatic heterocycles. The largest absolute Gasteiger partial charge is 0.378 e. The lowest BCUT2D eigenvalue weighted by Gasteiger charge is -2.28. The first-order valence-corrected chi connectivity index (χ1v) is 8.07. The highest BCUT2D eigenvalue weighted by Crippen LogP contribution is 2.14. The van der Waals surface area contributed by atoms with E-state index in [9.17, 15) is 4.79 Å². The summed E-state index contributed by atoms with van der Waals surface area (Å²) in [4.78, 5) is 18.4. The van der Waals surface area contributed by atoms with Gasteiger partial charge in [-0.3, -0.25) is 4.79 Å². The first-order valence-electron chi connectivity index (χ1n) is 6.79. The molecule has 1 saturated heterocycles. The van der Waals surface area contributed by atoms with E-state index in [0.29, 0.717) is 6.54 Å². The summed E-state index contributed by atoms with van der Waals surface area (Å²) >= 11 is 1.55. The van der Waals surface area contributed by atoms with E-state index in [0.717, 1.165) is 37.7 Å². The van der Waals surface area contributed by atoms with E-state index < -0.39 is 0 Å². The average Bonchev–Trinajstić information content (AvgIpc) is 2.53. The molecule has 110 valence electrons. The second kappa shape index (κ2) is 7.50. The molecule has 0 aliphatic carbocycles. The fourth-order valence-electron chi connectivity index (χ4n) is 1.98. The van der Waals surface area contributed by atoms with Crippen LogP contribution in [0.5, 0.6) is 0 Å². The van der Waals surface area contributed by atoms with E-state index >= 15 is 0 Å². The van der Waals surface area contributed by atoms with Gasteiger partial charge in [0.05, 0.1) is 18.5 Å². The van der Waals surface area contributed by atoms with Gasteiger partial charge in [0, 0.05) is 25.8 Å². The Balaban J connectivity index is 1.93. The lowest BCUT2D eigenvalue weighted by Crippen LogP contribution is -2.36. The Morgan fingerprint density at radius 2 is 2.30 bits per heavy atom. The van der Waals surface area contributed by atoms with Gasteiger partial charge in [-0.1, -0.05) is 0 Å². The molecule has 0 unspecified atom stereocenters. The van der Waals surface area contributed by atoms with E-state index in [-0.39, 0.29) is 11.2 Å². The lowest BCUT2D eigenvalue weighted by molar-refractivity contribution is -0.120. The molecular weight excluding hydrogens is 274 g/mol. The number of pyridine rings is 1. The number of hydrogen-bond donors (Lipinski definition) is 1. The monoisotopic (exact) mass is 295 g/mol. The summed E-state index contributed by atoms with van der Waals surface area (Å²) < 4.78 is 5.34. The molecule has 0 spiro atoms. The van der Waals surface area contributed by atoms with Crippen molar-refractivity contribution in [3.05, 3.63) is 23.9 Å². The summed E-state index contributed by atoms with van der Waals surface area (Å²) in [6, 6.07) is 3.98. The van der Waals surface area contributed by atoms with Crippen molar-refractivity contribution < 1.29 is 9.53 Å². The third-order valence-corrected chi connectivity index (χ3v) is 4.26. The molecule has 6 heteroatoms. The van der Waals surface area contributed by atoms with Crippen LogP contribution < -0.4 is 10.2 Å². The minimum Gasteiger partial charge on any atom is -0.378 e. The third-order valence-electron chi connectivity index (χ3n) is 3.33. The summed E-state index contributed by atoms with van der Waals surface area (Å²) in [5.74, 6) is 1.03. The second-order valence-electron chi connectivity index (χ2n) is 4.72. The molecule has 2 rings (SSSR count). The van der Waals surface area contributed by atoms with E-state index in [2.05, 4.69) is 15.2 Å². The van der Waals surface area contributed by atoms with Crippen LogP contribution in [0.4, 0.5) is 5.82 Å². The van der Waals surface area contributed by atoms with Crippen LogP contribution in [0.3, 0.4) is 0 Å². The number of amides is 1. The van der Waals surface area contributed by atoms with Crippen molar-refractivity contribution in [1.82, 2.24) is 10.3 Å². The van der Waals surface area contributed by atoms with Crippen LogP contribution in [-0.2, 0) is 16.1 Å². The Hall–Kier alpha value is -1.27. The molecule has 1 aromatic rings. The van der Waals surface area contributed by atoms with Gasteiger partial charge in [-0.05, 0) is 30.9 Å². The highest BCUT2D eigenvalue weighted by molar-refractivity contribution is 7.99. The number of rotatable bonds is 5. The lowest BCUT2D eigenvalue weighted by atomic mass is 10.2. The zero-order valence-electron chi connectivity index (χ0n) is 12.0. The second-order valence-corrected chi connectivity index (χ2v) is 5.90. The minimum absolute atomic E-state index is 0.0180. The molecule has 0 saturated carbocycles. The van der Waals surface area contributed by atoms with E-state index in [1.165, 1.54) is 0 Å². The molecule has 0 radical (unpaired) electrons. The maximum Gasteiger partial charge on any atom is 0.233 e. The highest BCUT2D eigenvalue weighted by Gasteiger charge is 2.13. The summed E-state index contributed by atoms with van der Waals surface area (Å²) in [7, 11) is 0. The van der Waals surface area contributed by atoms with Crippen molar-refractivity contribution >= 4 is 23.5 Å². The molecule has 0 aromatic carbocycles. The van der Waals surface area contributed by atoms with Crippen LogP contribution in [0.1, 0.15) is 12.5 Å². The zero-order valence-corrected chi connectivity index (χ0v) is 12.8. The van der Waals surface area contributed by atoms with Crippen LogP contribution in [0.15, 0.2) is 18.3 Å². The van der Waals surface area contributed by atoms with Crippen LogP contribution in [0.25, 0.3) is 0 Å². The number of anilines is 1. The Labute approximate surface area is 124 Å². The molecule has 1 amide bonds. The predicted molar refractivity (Wildman–Crippen MR) is 82.1 cm³/mol. The Bertz CT molecular complexity index is 450. The van der Waals surface area contributed by atoms with E-state index in [4.69, 9.17) is 4.74 Å². The molecular formula is C14H21N3O2S. The number of carbonyl (C=O) groups excluding carboxylic acids is 1. The smallest absolute Gasteiger partial charge is 0.233 e. The SMILES string of the molecule is CS[C@H](C)C(=O)NCc1ccnc(N2CCOCC2)c1. The summed E-state index contributed by atoms with van der Waals surface area (Å²) in [5.41, 5.74) is 1.07. The fourth-order valence-corrected chi connectivity index (χ4v) is 2.27. The maximum atomic E-state index is 11.8. The molecule has 1 aromatic heterocycles. The maximum absolute atomic E-state index is 11.8. The van der Waals surface area contributed by atoms with Gasteiger partial charge in [0.15, 0.2) is 0 Å². The topological polar surface area (TPSA) is 54.5 Å². The van der Waals surface area contributed by atoms with Gasteiger partial charge < -0.3 is 15.0 Å². The van der Waals surface area contributed by atoms with Crippen molar-refractivity contribution in [2.75, 3.05) is 37.5 Å². The van der Waals surface area contributed by atoms with Crippen LogP contribution in [0, 0.1) is 0 Å². The predicted octanol–water partition coefficient (Wildman–Crippen LogP) is 1.29. The minimum atomic E-state index is -0.0180. The number of ether oxygens (including phenoxy) is 1. The average molecular weight is 295 g/mol. The van der Waals surface area contributed by atoms with Crippen LogP contribution in [-0.4, -0.2) is 48.7 Å². The molecule has 1 aliphatic rings. The number of nitrogens with one attached hydrogen (secondary N) is 1. The van der Waals surface area contributed by atoms with Crippen molar-refractivity contribution in [3.63, 3.8) is 0 Å². The van der Waals surface area contributed by atoms with E-state index in [1.54, 1.807) is 18.0 Å². The Morgan fingerprint density at radius 1 is 1.55 bits per heavy atom. The van der Waals surface area contributed by atoms with Gasteiger partial charge in [-0.25, -0.2) is 4.98 Å². The molecule has 1 N–H and O–H groups in total.